The number of nitrogens with one attached hydrogen (secondary N) is 1. The number of aryl methyl sites for hydroxylation is 3. The van der Waals surface area contributed by atoms with Gasteiger partial charge >= 0.3 is 5.97 Å². The number of esters is 1. The van der Waals surface area contributed by atoms with E-state index in [0.29, 0.717) is 34.0 Å². The highest BCUT2D eigenvalue weighted by atomic mass is 16.5. The molecule has 9 heteroatoms. The number of benzene rings is 1. The third-order valence-corrected chi connectivity index (χ3v) is 5.85. The normalized spacial score (nSPS) is 11.0. The van der Waals surface area contributed by atoms with Crippen molar-refractivity contribution in [1.29, 1.82) is 0 Å². The summed E-state index contributed by atoms with van der Waals surface area (Å²) in [6, 6.07) is 8.61. The van der Waals surface area contributed by atoms with Crippen LogP contribution in [0, 0.1) is 27.7 Å². The van der Waals surface area contributed by atoms with Gasteiger partial charge in [-0.25, -0.2) is 14.8 Å². The number of nitrogen functional groups attached to an aromatic ring is 1. The molecule has 0 unspecified atom stereocenters. The van der Waals surface area contributed by atoms with Crippen molar-refractivity contribution >= 4 is 34.3 Å². The molecule has 3 heterocycles. The average molecular weight is 474 g/mol. The molecular weight excluding hydrogens is 446 g/mol. The van der Waals surface area contributed by atoms with Crippen LogP contribution in [0.25, 0.3) is 16.6 Å². The van der Waals surface area contributed by atoms with Crippen LogP contribution in [0.1, 0.15) is 39.5 Å². The fraction of sp³-hybridized carbons (Fsp3) is 0.231. The zero-order chi connectivity index (χ0) is 25.4. The van der Waals surface area contributed by atoms with E-state index in [-0.39, 0.29) is 34.6 Å². The van der Waals surface area contributed by atoms with Crippen LogP contribution >= 0.6 is 0 Å². The third-order valence-electron chi connectivity index (χ3n) is 5.85. The van der Waals surface area contributed by atoms with Crippen LogP contribution in [-0.4, -0.2) is 32.2 Å². The fourth-order valence-electron chi connectivity index (χ4n) is 4.02. The summed E-state index contributed by atoms with van der Waals surface area (Å²) in [7, 11) is 0. The first-order chi connectivity index (χ1) is 16.6. The highest BCUT2D eigenvalue weighted by molar-refractivity contribution is 6.07. The summed E-state index contributed by atoms with van der Waals surface area (Å²) in [4.78, 5) is 35.8. The number of hydrogen-bond acceptors (Lipinski definition) is 8. The zero-order valence-corrected chi connectivity index (χ0v) is 20.3. The first-order valence-electron chi connectivity index (χ1n) is 11.2. The van der Waals surface area contributed by atoms with Crippen LogP contribution in [-0.2, 0) is 4.74 Å². The van der Waals surface area contributed by atoms with Crippen LogP contribution in [0.2, 0.25) is 0 Å². The summed E-state index contributed by atoms with van der Waals surface area (Å²) >= 11 is 0. The van der Waals surface area contributed by atoms with E-state index in [1.165, 1.54) is 4.57 Å². The van der Waals surface area contributed by atoms with Crippen molar-refractivity contribution < 1.29 is 14.6 Å². The Morgan fingerprint density at radius 3 is 2.54 bits per heavy atom. The standard InChI is InChI=1S/C26H27N5O4/c1-6-35-26(34)20-21-17(11-15(4)24(30-21)29-19-10-7-13(2)12-28-19)25(33)31(23(20)27)22-14(3)8-9-18(32)16(22)5/h7-12,32H,6,27H2,1-5H3,(H,28,29,30). The molecule has 180 valence electrons. The van der Waals surface area contributed by atoms with Crippen LogP contribution in [0.4, 0.5) is 17.5 Å². The molecule has 0 spiro atoms. The molecule has 1 aromatic carbocycles. The third kappa shape index (κ3) is 4.16. The van der Waals surface area contributed by atoms with Gasteiger partial charge in [0.05, 0.1) is 23.2 Å². The Labute approximate surface area is 202 Å². The second-order valence-corrected chi connectivity index (χ2v) is 8.39. The monoisotopic (exact) mass is 473 g/mol. The highest BCUT2D eigenvalue weighted by Gasteiger charge is 2.26. The van der Waals surface area contributed by atoms with E-state index in [2.05, 4.69) is 15.3 Å². The van der Waals surface area contributed by atoms with Gasteiger partial charge in [0.25, 0.3) is 5.56 Å². The Balaban J connectivity index is 2.05. The van der Waals surface area contributed by atoms with E-state index in [1.54, 1.807) is 52.1 Å². The summed E-state index contributed by atoms with van der Waals surface area (Å²) in [6.45, 7) is 9.02. The Morgan fingerprint density at radius 2 is 1.89 bits per heavy atom. The molecular formula is C26H27N5O4. The lowest BCUT2D eigenvalue weighted by molar-refractivity contribution is 0.0529. The van der Waals surface area contributed by atoms with E-state index in [1.807, 2.05) is 19.1 Å². The van der Waals surface area contributed by atoms with Crippen molar-refractivity contribution in [2.75, 3.05) is 17.7 Å². The minimum Gasteiger partial charge on any atom is -0.508 e. The minimum atomic E-state index is -0.699. The Kier molecular flexibility index (Phi) is 6.17. The number of aromatic hydroxyl groups is 1. The van der Waals surface area contributed by atoms with Crippen molar-refractivity contribution in [3.05, 3.63) is 74.7 Å². The van der Waals surface area contributed by atoms with Gasteiger partial charge in [-0.15, -0.1) is 0 Å². The van der Waals surface area contributed by atoms with E-state index < -0.39 is 11.5 Å². The molecule has 9 nitrogen and oxygen atoms in total. The predicted octanol–water partition coefficient (Wildman–Crippen LogP) is 4.22. The molecule has 4 aromatic rings. The number of phenols is 1. The lowest BCUT2D eigenvalue weighted by Crippen LogP contribution is -2.27. The number of phenolic OH excluding ortho intramolecular Hbond substituents is 1. The number of ether oxygens (including phenoxy) is 1. The highest BCUT2D eigenvalue weighted by Crippen LogP contribution is 2.32. The molecule has 0 bridgehead atoms. The number of fused-ring (bicyclic) bond motifs is 1. The van der Waals surface area contributed by atoms with Crippen LogP contribution < -0.4 is 16.6 Å². The maximum Gasteiger partial charge on any atom is 0.344 e. The van der Waals surface area contributed by atoms with Gasteiger partial charge in [0.2, 0.25) is 0 Å². The van der Waals surface area contributed by atoms with Gasteiger partial charge in [0.1, 0.15) is 28.8 Å². The molecule has 0 amide bonds. The van der Waals surface area contributed by atoms with Gasteiger partial charge in [-0.1, -0.05) is 12.1 Å². The molecule has 0 fully saturated rings. The molecule has 0 aliphatic rings. The molecule has 0 radical (unpaired) electrons. The van der Waals surface area contributed by atoms with Crippen molar-refractivity contribution in [1.82, 2.24) is 14.5 Å². The maximum absolute atomic E-state index is 13.7. The quantitative estimate of drug-likeness (QED) is 0.367. The van der Waals surface area contributed by atoms with Gasteiger partial charge in [-0.3, -0.25) is 9.36 Å². The largest absolute Gasteiger partial charge is 0.508 e. The number of carbonyl (C=O) groups is 1. The van der Waals surface area contributed by atoms with Gasteiger partial charge in [-0.05, 0) is 69.5 Å². The van der Waals surface area contributed by atoms with Crippen molar-refractivity contribution in [3.63, 3.8) is 0 Å². The van der Waals surface area contributed by atoms with Crippen LogP contribution in [0.3, 0.4) is 0 Å². The summed E-state index contributed by atoms with van der Waals surface area (Å²) in [5, 5.41) is 13.6. The maximum atomic E-state index is 13.7. The molecule has 0 aliphatic carbocycles. The van der Waals surface area contributed by atoms with Crippen molar-refractivity contribution in [2.24, 2.45) is 0 Å². The van der Waals surface area contributed by atoms with Gasteiger partial charge in [0, 0.05) is 11.8 Å². The molecule has 0 aliphatic heterocycles. The van der Waals surface area contributed by atoms with Gasteiger partial charge in [0.15, 0.2) is 0 Å². The van der Waals surface area contributed by atoms with E-state index in [9.17, 15) is 14.7 Å². The molecule has 0 saturated carbocycles. The van der Waals surface area contributed by atoms with Gasteiger partial charge < -0.3 is 20.9 Å². The number of pyridine rings is 3. The summed E-state index contributed by atoms with van der Waals surface area (Å²) in [6.07, 6.45) is 1.72. The van der Waals surface area contributed by atoms with Gasteiger partial charge in [-0.2, -0.15) is 0 Å². The lowest BCUT2D eigenvalue weighted by atomic mass is 10.0. The number of nitrogens with zero attached hydrogens (tertiary/aromatic N) is 3. The molecule has 4 rings (SSSR count). The number of hydrogen-bond donors (Lipinski definition) is 3. The second-order valence-electron chi connectivity index (χ2n) is 8.39. The van der Waals surface area contributed by atoms with E-state index in [0.717, 1.165) is 5.56 Å². The number of carbonyl (C=O) groups excluding carboxylic acids is 1. The number of anilines is 3. The van der Waals surface area contributed by atoms with E-state index >= 15 is 0 Å². The fourth-order valence-corrected chi connectivity index (χ4v) is 4.02. The smallest absolute Gasteiger partial charge is 0.344 e. The topological polar surface area (TPSA) is 132 Å². The zero-order valence-electron chi connectivity index (χ0n) is 20.3. The molecule has 35 heavy (non-hydrogen) atoms. The Bertz CT molecular complexity index is 1520. The summed E-state index contributed by atoms with van der Waals surface area (Å²) < 4.78 is 6.52. The molecule has 0 atom stereocenters. The van der Waals surface area contributed by atoms with Crippen LogP contribution in [0.5, 0.6) is 5.75 Å². The Morgan fingerprint density at radius 1 is 1.14 bits per heavy atom. The minimum absolute atomic E-state index is 0.00846. The van der Waals surface area contributed by atoms with Crippen molar-refractivity contribution in [2.45, 2.75) is 34.6 Å². The number of nitrogens with two attached hydrogens (primary N) is 1. The number of aromatic nitrogens is 3. The SMILES string of the molecule is CCOC(=O)c1c(N)n(-c2c(C)ccc(O)c2C)c(=O)c2cc(C)c(Nc3ccc(C)cn3)nc12. The molecule has 0 saturated heterocycles. The first kappa shape index (κ1) is 23.7. The predicted molar refractivity (Wildman–Crippen MR) is 136 cm³/mol. The van der Waals surface area contributed by atoms with Crippen molar-refractivity contribution in [3.8, 4) is 11.4 Å². The summed E-state index contributed by atoms with van der Waals surface area (Å²) in [5.74, 6) is 0.189. The first-order valence-corrected chi connectivity index (χ1v) is 11.2. The lowest BCUT2D eigenvalue weighted by Gasteiger charge is -2.20. The summed E-state index contributed by atoms with van der Waals surface area (Å²) in [5.41, 5.74) is 9.36. The second kappa shape index (κ2) is 9.09. The van der Waals surface area contributed by atoms with Crippen LogP contribution in [0.15, 0.2) is 41.3 Å². The Hall–Kier alpha value is -4.40. The molecule has 4 N–H and O–H groups in total. The average Bonchev–Trinajstić information content (AvgIpc) is 2.81. The number of rotatable bonds is 5. The van der Waals surface area contributed by atoms with E-state index in [4.69, 9.17) is 10.5 Å². The molecule has 3 aromatic heterocycles.